The Kier molecular flexibility index (Phi) is 7.52. The number of amides is 2. The number of esters is 1. The Morgan fingerprint density at radius 2 is 1.94 bits per heavy atom. The molecule has 0 aliphatic carbocycles. The number of carbonyl (C=O) groups excluding carboxylic acids is 3. The number of ether oxygens (including phenoxy) is 2. The van der Waals surface area contributed by atoms with Crippen molar-refractivity contribution in [2.24, 2.45) is 5.92 Å². The van der Waals surface area contributed by atoms with Crippen LogP contribution in [0.4, 0.5) is 11.4 Å². The molecule has 1 fully saturated rings. The second-order valence-electron chi connectivity index (χ2n) is 7.28. The summed E-state index contributed by atoms with van der Waals surface area (Å²) in [5.74, 6) is -0.838. The van der Waals surface area contributed by atoms with Crippen molar-refractivity contribution in [2.45, 2.75) is 26.2 Å². The average molecular weight is 445 g/mol. The monoisotopic (exact) mass is 444 g/mol. The van der Waals surface area contributed by atoms with E-state index in [-0.39, 0.29) is 30.7 Å². The molecule has 2 aromatic rings. The lowest BCUT2D eigenvalue weighted by molar-refractivity contribution is -0.122. The Morgan fingerprint density at radius 1 is 1.19 bits per heavy atom. The van der Waals surface area contributed by atoms with Gasteiger partial charge in [0, 0.05) is 23.7 Å². The molecule has 164 valence electrons. The molecular formula is C23H25ClN2O5. The highest BCUT2D eigenvalue weighted by Gasteiger charge is 2.36. The zero-order valence-electron chi connectivity index (χ0n) is 17.5. The van der Waals surface area contributed by atoms with Crippen LogP contribution < -0.4 is 15.0 Å². The Hall–Kier alpha value is -3.06. The molecule has 31 heavy (non-hydrogen) atoms. The van der Waals surface area contributed by atoms with Crippen LogP contribution in [0.2, 0.25) is 5.02 Å². The van der Waals surface area contributed by atoms with E-state index >= 15 is 0 Å². The second kappa shape index (κ2) is 10.3. The fraction of sp³-hybridized carbons (Fsp3) is 0.348. The first kappa shape index (κ1) is 22.6. The molecule has 2 aromatic carbocycles. The number of unbranched alkanes of at least 4 members (excludes halogenated alkanes) is 1. The molecule has 1 aliphatic heterocycles. The van der Waals surface area contributed by atoms with Crippen molar-refractivity contribution in [3.8, 4) is 5.75 Å². The van der Waals surface area contributed by atoms with Crippen LogP contribution in [0.3, 0.4) is 0 Å². The molecule has 1 N–H and O–H groups in total. The van der Waals surface area contributed by atoms with Gasteiger partial charge in [0.2, 0.25) is 11.8 Å². The normalized spacial score (nSPS) is 15.6. The highest BCUT2D eigenvalue weighted by Crippen LogP contribution is 2.35. The number of nitrogens with one attached hydrogen (secondary N) is 1. The number of nitrogens with zero attached hydrogens (tertiary/aromatic N) is 1. The minimum absolute atomic E-state index is 0.0866. The average Bonchev–Trinajstić information content (AvgIpc) is 3.16. The maximum absolute atomic E-state index is 12.7. The number of benzene rings is 2. The standard InChI is InChI=1S/C23H25ClN2O5/c1-3-4-11-31-23(29)15-5-8-18(9-6-15)25-22(28)16-12-21(27)26(14-16)19-13-17(24)7-10-20(19)30-2/h5-10,13,16H,3-4,11-12,14H2,1-2H3,(H,25,28)/t16-/m1/s1. The van der Waals surface area contributed by atoms with E-state index in [1.165, 1.54) is 12.0 Å². The van der Waals surface area contributed by atoms with Crippen LogP contribution in [-0.2, 0) is 14.3 Å². The van der Waals surface area contributed by atoms with Gasteiger partial charge in [0.25, 0.3) is 0 Å². The third kappa shape index (κ3) is 5.55. The lowest BCUT2D eigenvalue weighted by Gasteiger charge is -2.20. The van der Waals surface area contributed by atoms with E-state index in [0.717, 1.165) is 12.8 Å². The Balaban J connectivity index is 1.62. The maximum atomic E-state index is 12.7. The summed E-state index contributed by atoms with van der Waals surface area (Å²) in [7, 11) is 1.51. The number of halogens is 1. The van der Waals surface area contributed by atoms with Crippen LogP contribution in [0.5, 0.6) is 5.75 Å². The number of hydrogen-bond donors (Lipinski definition) is 1. The van der Waals surface area contributed by atoms with Crippen molar-refractivity contribution in [2.75, 3.05) is 30.5 Å². The molecule has 1 aliphatic rings. The van der Waals surface area contributed by atoms with Gasteiger partial charge < -0.3 is 19.7 Å². The van der Waals surface area contributed by atoms with Gasteiger partial charge in [-0.25, -0.2) is 4.79 Å². The minimum Gasteiger partial charge on any atom is -0.495 e. The summed E-state index contributed by atoms with van der Waals surface area (Å²) in [6.45, 7) is 2.63. The fourth-order valence-electron chi connectivity index (χ4n) is 3.32. The quantitative estimate of drug-likeness (QED) is 0.484. The van der Waals surface area contributed by atoms with Crippen LogP contribution in [0.25, 0.3) is 0 Å². The smallest absolute Gasteiger partial charge is 0.338 e. The van der Waals surface area contributed by atoms with E-state index in [2.05, 4.69) is 5.32 Å². The molecule has 2 amide bonds. The van der Waals surface area contributed by atoms with Gasteiger partial charge in [-0.2, -0.15) is 0 Å². The van der Waals surface area contributed by atoms with E-state index in [4.69, 9.17) is 21.1 Å². The molecule has 0 spiro atoms. The zero-order chi connectivity index (χ0) is 22.4. The molecule has 3 rings (SSSR count). The van der Waals surface area contributed by atoms with E-state index in [0.29, 0.717) is 34.3 Å². The molecule has 1 atom stereocenters. The van der Waals surface area contributed by atoms with Crippen LogP contribution in [-0.4, -0.2) is 38.0 Å². The van der Waals surface area contributed by atoms with Crippen LogP contribution in [0.15, 0.2) is 42.5 Å². The highest BCUT2D eigenvalue weighted by molar-refractivity contribution is 6.31. The minimum atomic E-state index is -0.519. The van der Waals surface area contributed by atoms with Crippen LogP contribution >= 0.6 is 11.6 Å². The lowest BCUT2D eigenvalue weighted by atomic mass is 10.1. The number of carbonyl (C=O) groups is 3. The van der Waals surface area contributed by atoms with Gasteiger partial charge in [-0.05, 0) is 48.9 Å². The van der Waals surface area contributed by atoms with Gasteiger partial charge in [-0.1, -0.05) is 24.9 Å². The summed E-state index contributed by atoms with van der Waals surface area (Å²) in [5.41, 5.74) is 1.51. The lowest BCUT2D eigenvalue weighted by Crippen LogP contribution is -2.28. The fourth-order valence-corrected chi connectivity index (χ4v) is 3.48. The molecule has 0 saturated carbocycles. The van der Waals surface area contributed by atoms with E-state index in [1.807, 2.05) is 6.92 Å². The predicted octanol–water partition coefficient (Wildman–Crippen LogP) is 4.30. The summed E-state index contributed by atoms with van der Waals surface area (Å²) >= 11 is 6.07. The van der Waals surface area contributed by atoms with Crippen molar-refractivity contribution in [1.82, 2.24) is 0 Å². The maximum Gasteiger partial charge on any atom is 0.338 e. The van der Waals surface area contributed by atoms with Crippen molar-refractivity contribution in [3.63, 3.8) is 0 Å². The topological polar surface area (TPSA) is 84.9 Å². The number of anilines is 2. The summed E-state index contributed by atoms with van der Waals surface area (Å²) in [4.78, 5) is 38.7. The van der Waals surface area contributed by atoms with Gasteiger partial charge in [0.05, 0.1) is 30.9 Å². The van der Waals surface area contributed by atoms with Gasteiger partial charge in [-0.3, -0.25) is 9.59 Å². The van der Waals surface area contributed by atoms with Gasteiger partial charge >= 0.3 is 5.97 Å². The summed E-state index contributed by atoms with van der Waals surface area (Å²) in [6, 6.07) is 11.5. The Labute approximate surface area is 186 Å². The summed E-state index contributed by atoms with van der Waals surface area (Å²) in [6.07, 6.45) is 1.85. The third-order valence-electron chi connectivity index (χ3n) is 5.05. The molecule has 0 aromatic heterocycles. The molecule has 7 nitrogen and oxygen atoms in total. The largest absolute Gasteiger partial charge is 0.495 e. The predicted molar refractivity (Wildman–Crippen MR) is 119 cm³/mol. The molecule has 0 unspecified atom stereocenters. The van der Waals surface area contributed by atoms with Gasteiger partial charge in [0.1, 0.15) is 5.75 Å². The summed E-state index contributed by atoms with van der Waals surface area (Å²) < 4.78 is 10.5. The first-order valence-corrected chi connectivity index (χ1v) is 10.5. The summed E-state index contributed by atoms with van der Waals surface area (Å²) in [5, 5.41) is 3.28. The second-order valence-corrected chi connectivity index (χ2v) is 7.71. The molecular weight excluding hydrogens is 420 g/mol. The zero-order valence-corrected chi connectivity index (χ0v) is 18.3. The Morgan fingerprint density at radius 3 is 2.61 bits per heavy atom. The van der Waals surface area contributed by atoms with Crippen molar-refractivity contribution in [1.29, 1.82) is 0 Å². The molecule has 0 radical (unpaired) electrons. The third-order valence-corrected chi connectivity index (χ3v) is 5.28. The van der Waals surface area contributed by atoms with Gasteiger partial charge in [0.15, 0.2) is 0 Å². The first-order chi connectivity index (χ1) is 14.9. The molecule has 8 heteroatoms. The first-order valence-electron chi connectivity index (χ1n) is 10.1. The van der Waals surface area contributed by atoms with Gasteiger partial charge in [-0.15, -0.1) is 0 Å². The van der Waals surface area contributed by atoms with Crippen molar-refractivity contribution in [3.05, 3.63) is 53.1 Å². The SMILES string of the molecule is CCCCOC(=O)c1ccc(NC(=O)[C@@H]2CC(=O)N(c3cc(Cl)ccc3OC)C2)cc1. The van der Waals surface area contributed by atoms with Crippen LogP contribution in [0, 0.1) is 5.92 Å². The highest BCUT2D eigenvalue weighted by atomic mass is 35.5. The molecule has 1 heterocycles. The number of rotatable bonds is 8. The number of hydrogen-bond acceptors (Lipinski definition) is 5. The van der Waals surface area contributed by atoms with Crippen molar-refractivity contribution < 1.29 is 23.9 Å². The van der Waals surface area contributed by atoms with Crippen molar-refractivity contribution >= 4 is 40.8 Å². The van der Waals surface area contributed by atoms with E-state index in [1.54, 1.807) is 42.5 Å². The number of methoxy groups -OCH3 is 1. The van der Waals surface area contributed by atoms with E-state index < -0.39 is 5.92 Å². The Bertz CT molecular complexity index is 961. The molecule has 1 saturated heterocycles. The molecule has 0 bridgehead atoms. The van der Waals surface area contributed by atoms with E-state index in [9.17, 15) is 14.4 Å². The van der Waals surface area contributed by atoms with Crippen LogP contribution in [0.1, 0.15) is 36.5 Å².